The van der Waals surface area contributed by atoms with Crippen molar-refractivity contribution in [3.8, 4) is 0 Å². The summed E-state index contributed by atoms with van der Waals surface area (Å²) in [7, 11) is 0. The van der Waals surface area contributed by atoms with Crippen LogP contribution in [0.5, 0.6) is 0 Å². The third-order valence-electron chi connectivity index (χ3n) is 3.30. The zero-order valence-corrected chi connectivity index (χ0v) is 13.4. The highest BCUT2D eigenvalue weighted by atomic mass is 16.4. The van der Waals surface area contributed by atoms with Crippen LogP contribution in [0.1, 0.15) is 47.0 Å². The van der Waals surface area contributed by atoms with Gasteiger partial charge >= 0.3 is 5.97 Å². The molecule has 118 valence electrons. The molecule has 0 saturated heterocycles. The van der Waals surface area contributed by atoms with Crippen molar-refractivity contribution < 1.29 is 14.7 Å². The van der Waals surface area contributed by atoms with Gasteiger partial charge in [0, 0.05) is 32.5 Å². The number of amides is 1. The Morgan fingerprint density at radius 2 is 1.65 bits per heavy atom. The molecular formula is C15H30N2O3. The summed E-state index contributed by atoms with van der Waals surface area (Å²) < 4.78 is 0. The number of hydrogen-bond donors (Lipinski definition) is 1. The Morgan fingerprint density at radius 3 is 2.10 bits per heavy atom. The predicted molar refractivity (Wildman–Crippen MR) is 80.7 cm³/mol. The van der Waals surface area contributed by atoms with Crippen LogP contribution in [0.15, 0.2) is 0 Å². The second-order valence-electron chi connectivity index (χ2n) is 5.51. The average Bonchev–Trinajstić information content (AvgIpc) is 2.37. The van der Waals surface area contributed by atoms with Gasteiger partial charge in [0.25, 0.3) is 0 Å². The first-order chi connectivity index (χ1) is 9.40. The lowest BCUT2D eigenvalue weighted by molar-refractivity contribution is -0.137. The molecular weight excluding hydrogens is 256 g/mol. The van der Waals surface area contributed by atoms with E-state index in [9.17, 15) is 9.59 Å². The molecule has 0 fully saturated rings. The van der Waals surface area contributed by atoms with Crippen LogP contribution in [0, 0.1) is 5.92 Å². The van der Waals surface area contributed by atoms with Crippen molar-refractivity contribution >= 4 is 11.9 Å². The topological polar surface area (TPSA) is 60.9 Å². The number of carboxylic acid groups (broad SMARTS) is 1. The predicted octanol–water partition coefficient (Wildman–Crippen LogP) is 2.07. The Kier molecular flexibility index (Phi) is 10.1. The second kappa shape index (κ2) is 10.7. The van der Waals surface area contributed by atoms with Gasteiger partial charge in [-0.25, -0.2) is 0 Å². The van der Waals surface area contributed by atoms with E-state index < -0.39 is 5.97 Å². The molecule has 0 bridgehead atoms. The Morgan fingerprint density at radius 1 is 1.05 bits per heavy atom. The van der Waals surface area contributed by atoms with Gasteiger partial charge in [-0.15, -0.1) is 0 Å². The van der Waals surface area contributed by atoms with Crippen molar-refractivity contribution in [2.45, 2.75) is 47.0 Å². The zero-order valence-electron chi connectivity index (χ0n) is 13.4. The molecule has 0 rings (SSSR count). The van der Waals surface area contributed by atoms with Crippen LogP contribution in [-0.2, 0) is 9.59 Å². The first-order valence-corrected chi connectivity index (χ1v) is 7.62. The van der Waals surface area contributed by atoms with Crippen LogP contribution in [0.3, 0.4) is 0 Å². The van der Waals surface area contributed by atoms with Gasteiger partial charge in [-0.05, 0) is 25.4 Å². The number of carbonyl (C=O) groups excluding carboxylic acids is 1. The van der Waals surface area contributed by atoms with Crippen molar-refractivity contribution in [3.05, 3.63) is 0 Å². The van der Waals surface area contributed by atoms with Crippen molar-refractivity contribution in [2.24, 2.45) is 5.92 Å². The van der Waals surface area contributed by atoms with Gasteiger partial charge in [-0.2, -0.15) is 0 Å². The van der Waals surface area contributed by atoms with Crippen LogP contribution in [-0.4, -0.2) is 59.5 Å². The number of likely N-dealkylation sites (N-methyl/N-ethyl adjacent to an activating group) is 1. The molecule has 20 heavy (non-hydrogen) atoms. The second-order valence-corrected chi connectivity index (χ2v) is 5.51. The Bertz CT molecular complexity index is 289. The lowest BCUT2D eigenvalue weighted by Gasteiger charge is -2.28. The van der Waals surface area contributed by atoms with Crippen molar-refractivity contribution in [1.29, 1.82) is 0 Å². The molecule has 0 aromatic carbocycles. The highest BCUT2D eigenvalue weighted by Crippen LogP contribution is 2.05. The summed E-state index contributed by atoms with van der Waals surface area (Å²) in [5.74, 6) is -0.335. The van der Waals surface area contributed by atoms with E-state index >= 15 is 0 Å². The van der Waals surface area contributed by atoms with E-state index in [0.29, 0.717) is 18.8 Å². The van der Waals surface area contributed by atoms with E-state index in [-0.39, 0.29) is 12.3 Å². The molecule has 0 aliphatic carbocycles. The fraction of sp³-hybridized carbons (Fsp3) is 0.867. The molecule has 0 radical (unpaired) electrons. The number of nitrogens with zero attached hydrogens (tertiary/aromatic N) is 2. The van der Waals surface area contributed by atoms with E-state index in [4.69, 9.17) is 5.11 Å². The van der Waals surface area contributed by atoms with Crippen molar-refractivity contribution in [2.75, 3.05) is 32.7 Å². The van der Waals surface area contributed by atoms with Crippen LogP contribution < -0.4 is 0 Å². The summed E-state index contributed by atoms with van der Waals surface area (Å²) in [5, 5.41) is 8.62. The van der Waals surface area contributed by atoms with Gasteiger partial charge in [-0.1, -0.05) is 27.7 Å². The molecule has 0 aliphatic rings. The number of rotatable bonds is 11. The summed E-state index contributed by atoms with van der Waals surface area (Å²) in [5.41, 5.74) is 0. The summed E-state index contributed by atoms with van der Waals surface area (Å²) in [6, 6.07) is 0. The minimum atomic E-state index is -0.837. The molecule has 1 amide bonds. The highest BCUT2D eigenvalue weighted by molar-refractivity contribution is 5.77. The summed E-state index contributed by atoms with van der Waals surface area (Å²) >= 11 is 0. The first-order valence-electron chi connectivity index (χ1n) is 7.62. The lowest BCUT2D eigenvalue weighted by Crippen LogP contribution is -2.40. The summed E-state index contributed by atoms with van der Waals surface area (Å²) in [6.07, 6.45) is 0.822. The number of carboxylic acids is 1. The maximum Gasteiger partial charge on any atom is 0.303 e. The van der Waals surface area contributed by atoms with Gasteiger partial charge in [0.05, 0.1) is 0 Å². The lowest BCUT2D eigenvalue weighted by atomic mass is 10.1. The quantitative estimate of drug-likeness (QED) is 0.631. The summed E-state index contributed by atoms with van der Waals surface area (Å²) in [6.45, 7) is 12.7. The first kappa shape index (κ1) is 18.9. The van der Waals surface area contributed by atoms with E-state index in [1.54, 1.807) is 0 Å². The average molecular weight is 286 g/mol. The molecule has 0 spiro atoms. The van der Waals surface area contributed by atoms with Gasteiger partial charge in [0.15, 0.2) is 0 Å². The van der Waals surface area contributed by atoms with Gasteiger partial charge in [0.2, 0.25) is 5.91 Å². The molecule has 0 atom stereocenters. The van der Waals surface area contributed by atoms with Crippen LogP contribution in [0.25, 0.3) is 0 Å². The number of aliphatic carboxylic acids is 1. The molecule has 0 aromatic rings. The van der Waals surface area contributed by atoms with Crippen LogP contribution in [0.2, 0.25) is 0 Å². The molecule has 0 aromatic heterocycles. The maximum atomic E-state index is 12.2. The Hall–Kier alpha value is -1.10. The monoisotopic (exact) mass is 286 g/mol. The van der Waals surface area contributed by atoms with Gasteiger partial charge in [-0.3, -0.25) is 9.59 Å². The smallest absolute Gasteiger partial charge is 0.303 e. The minimum Gasteiger partial charge on any atom is -0.481 e. The maximum absolute atomic E-state index is 12.2. The largest absolute Gasteiger partial charge is 0.481 e. The number of carbonyl (C=O) groups is 2. The van der Waals surface area contributed by atoms with E-state index in [1.165, 1.54) is 0 Å². The molecule has 0 heterocycles. The van der Waals surface area contributed by atoms with Crippen molar-refractivity contribution in [3.63, 3.8) is 0 Å². The molecule has 1 N–H and O–H groups in total. The molecule has 0 unspecified atom stereocenters. The molecule has 5 heteroatoms. The fourth-order valence-electron chi connectivity index (χ4n) is 2.11. The highest BCUT2D eigenvalue weighted by Gasteiger charge is 2.15. The van der Waals surface area contributed by atoms with Crippen molar-refractivity contribution in [1.82, 2.24) is 9.80 Å². The third kappa shape index (κ3) is 8.91. The third-order valence-corrected chi connectivity index (χ3v) is 3.30. The van der Waals surface area contributed by atoms with E-state index in [2.05, 4.69) is 32.6 Å². The standard InChI is InChI=1S/C15H30N2O3/c1-5-16(6-2)10-11-17(12-13(3)4)14(18)8-7-9-15(19)20/h13H,5-12H2,1-4H3,(H,19,20). The van der Waals surface area contributed by atoms with Crippen LogP contribution >= 0.6 is 0 Å². The van der Waals surface area contributed by atoms with E-state index in [0.717, 1.165) is 32.7 Å². The Balaban J connectivity index is 4.31. The number of hydrogen-bond acceptors (Lipinski definition) is 3. The van der Waals surface area contributed by atoms with Gasteiger partial charge < -0.3 is 14.9 Å². The van der Waals surface area contributed by atoms with Crippen LogP contribution in [0.4, 0.5) is 0 Å². The molecule has 0 aliphatic heterocycles. The SMILES string of the molecule is CCN(CC)CCN(CC(C)C)C(=O)CCCC(=O)O. The minimum absolute atomic E-state index is 0.0668. The Labute approximate surface area is 122 Å². The molecule has 5 nitrogen and oxygen atoms in total. The normalized spacial score (nSPS) is 11.1. The molecule has 0 saturated carbocycles. The fourth-order valence-corrected chi connectivity index (χ4v) is 2.11. The van der Waals surface area contributed by atoms with E-state index in [1.807, 2.05) is 4.90 Å². The zero-order chi connectivity index (χ0) is 15.5. The van der Waals surface area contributed by atoms with Gasteiger partial charge in [0.1, 0.15) is 0 Å². The summed E-state index contributed by atoms with van der Waals surface area (Å²) in [4.78, 5) is 26.8.